The largest absolute Gasteiger partial charge is 0.495 e. The lowest BCUT2D eigenvalue weighted by Gasteiger charge is -2.08. The van der Waals surface area contributed by atoms with Crippen LogP contribution in [0.1, 0.15) is 15.9 Å². The second kappa shape index (κ2) is 8.66. The van der Waals surface area contributed by atoms with Crippen LogP contribution in [0.25, 0.3) is 6.08 Å². The Bertz CT molecular complexity index is 1080. The van der Waals surface area contributed by atoms with E-state index in [4.69, 9.17) is 10.5 Å². The monoisotopic (exact) mass is 390 g/mol. The lowest BCUT2D eigenvalue weighted by molar-refractivity contribution is -0.384. The number of benzene rings is 2. The Balaban J connectivity index is 1.78. The number of anilines is 3. The molecule has 1 aromatic heterocycles. The van der Waals surface area contributed by atoms with E-state index in [-0.39, 0.29) is 11.5 Å². The molecule has 146 valence electrons. The summed E-state index contributed by atoms with van der Waals surface area (Å²) in [5, 5.41) is 13.9. The fourth-order valence-electron chi connectivity index (χ4n) is 2.61. The van der Waals surface area contributed by atoms with Crippen molar-refractivity contribution in [1.29, 1.82) is 0 Å². The Labute approximate surface area is 166 Å². The number of pyridine rings is 1. The SMILES string of the molecule is COc1ccc(C(=O)/C=C/c2cccnc2Nc2ccc([N+](=O)[O-])cc2)cc1N. The van der Waals surface area contributed by atoms with Crippen molar-refractivity contribution in [2.45, 2.75) is 0 Å². The van der Waals surface area contributed by atoms with Crippen molar-refractivity contribution in [2.24, 2.45) is 0 Å². The van der Waals surface area contributed by atoms with E-state index < -0.39 is 4.92 Å². The zero-order valence-corrected chi connectivity index (χ0v) is 15.5. The van der Waals surface area contributed by atoms with E-state index in [1.807, 2.05) is 0 Å². The van der Waals surface area contributed by atoms with Crippen molar-refractivity contribution in [3.05, 3.63) is 88.1 Å². The highest BCUT2D eigenvalue weighted by molar-refractivity contribution is 6.07. The molecule has 29 heavy (non-hydrogen) atoms. The van der Waals surface area contributed by atoms with Crippen LogP contribution in [-0.2, 0) is 0 Å². The van der Waals surface area contributed by atoms with E-state index in [1.54, 1.807) is 54.7 Å². The first-order chi connectivity index (χ1) is 14.0. The zero-order valence-electron chi connectivity index (χ0n) is 15.5. The van der Waals surface area contributed by atoms with Gasteiger partial charge in [0, 0.05) is 35.1 Å². The summed E-state index contributed by atoms with van der Waals surface area (Å²) >= 11 is 0. The molecule has 0 atom stereocenters. The maximum Gasteiger partial charge on any atom is 0.269 e. The fourth-order valence-corrected chi connectivity index (χ4v) is 2.61. The lowest BCUT2D eigenvalue weighted by atomic mass is 10.1. The average molecular weight is 390 g/mol. The third-order valence-electron chi connectivity index (χ3n) is 4.11. The molecule has 3 N–H and O–H groups in total. The van der Waals surface area contributed by atoms with E-state index >= 15 is 0 Å². The number of non-ortho nitro benzene ring substituents is 1. The molecule has 0 aliphatic heterocycles. The minimum absolute atomic E-state index is 0.000974. The molecule has 1 heterocycles. The van der Waals surface area contributed by atoms with Crippen LogP contribution in [0, 0.1) is 10.1 Å². The minimum Gasteiger partial charge on any atom is -0.495 e. The molecule has 0 aliphatic carbocycles. The summed E-state index contributed by atoms with van der Waals surface area (Å²) in [6, 6.07) is 14.4. The van der Waals surface area contributed by atoms with Crippen LogP contribution >= 0.6 is 0 Å². The van der Waals surface area contributed by atoms with E-state index in [1.165, 1.54) is 25.3 Å². The zero-order chi connectivity index (χ0) is 20.8. The lowest BCUT2D eigenvalue weighted by Crippen LogP contribution is -1.99. The number of rotatable bonds is 7. The van der Waals surface area contributed by atoms with E-state index in [2.05, 4.69) is 10.3 Å². The summed E-state index contributed by atoms with van der Waals surface area (Å²) < 4.78 is 5.09. The van der Waals surface area contributed by atoms with E-state index in [0.717, 1.165) is 0 Å². The van der Waals surface area contributed by atoms with Gasteiger partial charge in [-0.25, -0.2) is 4.98 Å². The maximum atomic E-state index is 12.5. The van der Waals surface area contributed by atoms with Crippen molar-refractivity contribution >= 4 is 34.7 Å². The van der Waals surface area contributed by atoms with Crippen LogP contribution in [0.2, 0.25) is 0 Å². The van der Waals surface area contributed by atoms with Crippen LogP contribution < -0.4 is 15.8 Å². The molecule has 0 aliphatic rings. The first-order valence-corrected chi connectivity index (χ1v) is 8.60. The van der Waals surface area contributed by atoms with Gasteiger partial charge in [-0.2, -0.15) is 0 Å². The molecule has 0 radical (unpaired) electrons. The van der Waals surface area contributed by atoms with Crippen LogP contribution in [0.15, 0.2) is 66.9 Å². The van der Waals surface area contributed by atoms with Gasteiger partial charge in [0.2, 0.25) is 0 Å². The molecule has 0 unspecified atom stereocenters. The van der Waals surface area contributed by atoms with Crippen LogP contribution in [0.3, 0.4) is 0 Å². The molecule has 0 amide bonds. The number of hydrogen-bond acceptors (Lipinski definition) is 7. The van der Waals surface area contributed by atoms with Gasteiger partial charge in [0.1, 0.15) is 11.6 Å². The highest BCUT2D eigenvalue weighted by Gasteiger charge is 2.08. The van der Waals surface area contributed by atoms with Crippen molar-refractivity contribution < 1.29 is 14.5 Å². The summed E-state index contributed by atoms with van der Waals surface area (Å²) in [5.74, 6) is 0.802. The number of aromatic nitrogens is 1. The van der Waals surface area contributed by atoms with Crippen LogP contribution in [0.5, 0.6) is 5.75 Å². The summed E-state index contributed by atoms with van der Waals surface area (Å²) in [6.45, 7) is 0. The van der Waals surface area contributed by atoms with Gasteiger partial charge in [-0.1, -0.05) is 0 Å². The summed E-state index contributed by atoms with van der Waals surface area (Å²) in [5.41, 5.74) is 7.99. The number of methoxy groups -OCH3 is 1. The van der Waals surface area contributed by atoms with Gasteiger partial charge in [-0.05, 0) is 54.6 Å². The van der Waals surface area contributed by atoms with Gasteiger partial charge in [0.05, 0.1) is 17.7 Å². The number of ether oxygens (including phenoxy) is 1. The Kier molecular flexibility index (Phi) is 5.84. The molecular formula is C21H18N4O4. The molecule has 2 aromatic carbocycles. The third kappa shape index (κ3) is 4.75. The summed E-state index contributed by atoms with van der Waals surface area (Å²) in [6.07, 6.45) is 4.68. The Morgan fingerprint density at radius 2 is 1.97 bits per heavy atom. The molecule has 0 saturated carbocycles. The molecule has 3 rings (SSSR count). The van der Waals surface area contributed by atoms with E-state index in [0.29, 0.717) is 34.1 Å². The number of ketones is 1. The van der Waals surface area contributed by atoms with Gasteiger partial charge < -0.3 is 15.8 Å². The van der Waals surface area contributed by atoms with Gasteiger partial charge >= 0.3 is 0 Å². The number of carbonyl (C=O) groups is 1. The van der Waals surface area contributed by atoms with Crippen molar-refractivity contribution in [3.63, 3.8) is 0 Å². The number of hydrogen-bond donors (Lipinski definition) is 2. The minimum atomic E-state index is -0.462. The average Bonchev–Trinajstić information content (AvgIpc) is 2.73. The Morgan fingerprint density at radius 3 is 2.62 bits per heavy atom. The second-order valence-electron chi connectivity index (χ2n) is 6.02. The smallest absolute Gasteiger partial charge is 0.269 e. The first-order valence-electron chi connectivity index (χ1n) is 8.60. The van der Waals surface area contributed by atoms with Gasteiger partial charge in [-0.15, -0.1) is 0 Å². The van der Waals surface area contributed by atoms with Crippen molar-refractivity contribution in [3.8, 4) is 5.75 Å². The van der Waals surface area contributed by atoms with Crippen molar-refractivity contribution in [1.82, 2.24) is 4.98 Å². The van der Waals surface area contributed by atoms with Crippen LogP contribution in [-0.4, -0.2) is 22.8 Å². The molecule has 0 spiro atoms. The molecule has 8 nitrogen and oxygen atoms in total. The van der Waals surface area contributed by atoms with Gasteiger partial charge in [0.25, 0.3) is 5.69 Å². The topological polar surface area (TPSA) is 120 Å². The normalized spacial score (nSPS) is 10.7. The summed E-state index contributed by atoms with van der Waals surface area (Å²) in [4.78, 5) is 27.0. The fraction of sp³-hybridized carbons (Fsp3) is 0.0476. The number of carbonyl (C=O) groups excluding carboxylic acids is 1. The van der Waals surface area contributed by atoms with Crippen molar-refractivity contribution in [2.75, 3.05) is 18.2 Å². The van der Waals surface area contributed by atoms with E-state index in [9.17, 15) is 14.9 Å². The Hall–Kier alpha value is -4.20. The highest BCUT2D eigenvalue weighted by Crippen LogP contribution is 2.24. The first kappa shape index (κ1) is 19.6. The number of nitrogens with zero attached hydrogens (tertiary/aromatic N) is 2. The summed E-state index contributed by atoms with van der Waals surface area (Å²) in [7, 11) is 1.51. The maximum absolute atomic E-state index is 12.5. The molecular weight excluding hydrogens is 372 g/mol. The standard InChI is InChI=1S/C21H18N4O4/c1-29-20-11-5-15(13-18(20)22)19(26)10-4-14-3-2-12-23-21(14)24-16-6-8-17(9-7-16)25(27)28/h2-13H,22H2,1H3,(H,23,24)/b10-4+. The molecule has 0 fully saturated rings. The van der Waals surface area contributed by atoms with Gasteiger partial charge in [0.15, 0.2) is 5.78 Å². The predicted molar refractivity (Wildman–Crippen MR) is 111 cm³/mol. The van der Waals surface area contributed by atoms with Gasteiger partial charge in [-0.3, -0.25) is 14.9 Å². The number of nitrogens with one attached hydrogen (secondary N) is 1. The highest BCUT2D eigenvalue weighted by atomic mass is 16.6. The molecule has 0 saturated heterocycles. The molecule has 8 heteroatoms. The third-order valence-corrected chi connectivity index (χ3v) is 4.11. The van der Waals surface area contributed by atoms with Crippen LogP contribution in [0.4, 0.5) is 22.9 Å². The number of allylic oxidation sites excluding steroid dienone is 1. The molecule has 3 aromatic rings. The number of nitro benzene ring substituents is 1. The second-order valence-corrected chi connectivity index (χ2v) is 6.02. The quantitative estimate of drug-likeness (QED) is 0.204. The Morgan fingerprint density at radius 1 is 1.21 bits per heavy atom. The predicted octanol–water partition coefficient (Wildman–Crippen LogP) is 4.22. The number of nitrogen functional groups attached to an aromatic ring is 1. The number of nitrogens with two attached hydrogens (primary N) is 1. The molecule has 0 bridgehead atoms. The number of nitro groups is 1.